The van der Waals surface area contributed by atoms with Crippen LogP contribution in [-0.4, -0.2) is 30.4 Å². The second-order valence-corrected chi connectivity index (χ2v) is 9.50. The Morgan fingerprint density at radius 2 is 1.77 bits per heavy atom. The first-order chi connectivity index (χ1) is 14.3. The number of carbonyl (C=O) groups excluding carboxylic acids is 3. The largest absolute Gasteiger partial charge is 0.451 e. The molecular formula is C23H29FN2O4. The Morgan fingerprint density at radius 3 is 2.37 bits per heavy atom. The highest BCUT2D eigenvalue weighted by atomic mass is 19.1. The third-order valence-corrected chi connectivity index (χ3v) is 6.90. The molecule has 0 aromatic heterocycles. The maximum absolute atomic E-state index is 13.2. The van der Waals surface area contributed by atoms with E-state index in [2.05, 4.69) is 10.6 Å². The van der Waals surface area contributed by atoms with Crippen molar-refractivity contribution in [2.24, 2.45) is 23.2 Å². The molecular weight excluding hydrogens is 387 g/mol. The first-order valence-electron chi connectivity index (χ1n) is 10.8. The number of rotatable bonds is 7. The van der Waals surface area contributed by atoms with Gasteiger partial charge in [0.1, 0.15) is 12.4 Å². The van der Waals surface area contributed by atoms with Crippen molar-refractivity contribution in [1.29, 1.82) is 0 Å². The van der Waals surface area contributed by atoms with Crippen LogP contribution < -0.4 is 10.6 Å². The second-order valence-electron chi connectivity index (χ2n) is 9.50. The lowest BCUT2D eigenvalue weighted by Crippen LogP contribution is -2.48. The molecule has 1 aromatic rings. The monoisotopic (exact) mass is 416 g/mol. The van der Waals surface area contributed by atoms with Crippen LogP contribution in [-0.2, 0) is 19.1 Å². The number of ether oxygens (including phenoxy) is 1. The summed E-state index contributed by atoms with van der Waals surface area (Å²) in [6, 6.07) is 5.46. The van der Waals surface area contributed by atoms with Gasteiger partial charge in [-0.15, -0.1) is 0 Å². The third kappa shape index (κ3) is 4.82. The van der Waals surface area contributed by atoms with E-state index in [1.165, 1.54) is 44.4 Å². The summed E-state index contributed by atoms with van der Waals surface area (Å²) in [7, 11) is 0. The molecule has 0 radical (unpaired) electrons. The first-order valence-corrected chi connectivity index (χ1v) is 10.8. The Morgan fingerprint density at radius 1 is 1.13 bits per heavy atom. The number of carbonyl (C=O) groups is 3. The highest BCUT2D eigenvalue weighted by Gasteiger charge is 2.51. The number of esters is 1. The van der Waals surface area contributed by atoms with Crippen molar-refractivity contribution in [3.63, 3.8) is 0 Å². The zero-order valence-corrected chi connectivity index (χ0v) is 17.3. The fourth-order valence-corrected chi connectivity index (χ4v) is 6.18. The van der Waals surface area contributed by atoms with Crippen LogP contribution in [0.2, 0.25) is 0 Å². The molecule has 162 valence electrons. The van der Waals surface area contributed by atoms with Gasteiger partial charge in [0, 0.05) is 12.1 Å². The Balaban J connectivity index is 1.21. The van der Waals surface area contributed by atoms with Crippen LogP contribution >= 0.6 is 0 Å². The first kappa shape index (κ1) is 20.8. The number of nitrogens with one attached hydrogen (secondary N) is 2. The second kappa shape index (κ2) is 8.36. The van der Waals surface area contributed by atoms with Crippen LogP contribution in [0.1, 0.15) is 51.9 Å². The number of halogens is 1. The zero-order chi connectivity index (χ0) is 21.3. The highest BCUT2D eigenvalue weighted by molar-refractivity contribution is 5.95. The predicted molar refractivity (Wildman–Crippen MR) is 109 cm³/mol. The number of hydrogen-bond donors (Lipinski definition) is 2. The van der Waals surface area contributed by atoms with Crippen LogP contribution in [0.5, 0.6) is 0 Å². The van der Waals surface area contributed by atoms with Gasteiger partial charge >= 0.3 is 5.97 Å². The molecule has 1 aromatic carbocycles. The summed E-state index contributed by atoms with van der Waals surface area (Å²) in [6.45, 7) is 1.17. The predicted octanol–water partition coefficient (Wildman–Crippen LogP) is 3.42. The smallest absolute Gasteiger partial charge is 0.326 e. The fraction of sp³-hybridized carbons (Fsp3) is 0.609. The minimum absolute atomic E-state index is 0.112. The van der Waals surface area contributed by atoms with Gasteiger partial charge in [-0.25, -0.2) is 4.39 Å². The van der Waals surface area contributed by atoms with Gasteiger partial charge in [0.25, 0.3) is 5.91 Å². The molecule has 4 aliphatic carbocycles. The minimum atomic E-state index is -1.05. The van der Waals surface area contributed by atoms with Crippen LogP contribution in [0.15, 0.2) is 24.3 Å². The van der Waals surface area contributed by atoms with Crippen LogP contribution in [0.4, 0.5) is 10.1 Å². The van der Waals surface area contributed by atoms with E-state index in [-0.39, 0.29) is 23.6 Å². The molecule has 6 nitrogen and oxygen atoms in total. The molecule has 7 heteroatoms. The molecule has 4 fully saturated rings. The molecule has 0 unspecified atom stereocenters. The van der Waals surface area contributed by atoms with Gasteiger partial charge < -0.3 is 15.4 Å². The van der Waals surface area contributed by atoms with E-state index >= 15 is 0 Å². The minimum Gasteiger partial charge on any atom is -0.451 e. The quantitative estimate of drug-likeness (QED) is 0.667. The maximum atomic E-state index is 13.2. The third-order valence-electron chi connectivity index (χ3n) is 6.90. The van der Waals surface area contributed by atoms with E-state index in [4.69, 9.17) is 4.74 Å². The van der Waals surface area contributed by atoms with Crippen molar-refractivity contribution in [3.05, 3.63) is 30.1 Å². The lowest BCUT2D eigenvalue weighted by Gasteiger charge is -2.56. The average Bonchev–Trinajstić information content (AvgIpc) is 2.65. The van der Waals surface area contributed by atoms with Crippen molar-refractivity contribution < 1.29 is 23.5 Å². The molecule has 5 rings (SSSR count). The van der Waals surface area contributed by atoms with E-state index in [0.717, 1.165) is 37.0 Å². The molecule has 0 heterocycles. The van der Waals surface area contributed by atoms with Gasteiger partial charge in [0.2, 0.25) is 5.91 Å². The Bertz CT molecular complexity index is 805. The van der Waals surface area contributed by atoms with Gasteiger partial charge in [-0.05, 0) is 86.8 Å². The summed E-state index contributed by atoms with van der Waals surface area (Å²) in [5.74, 6) is 0.485. The van der Waals surface area contributed by atoms with Crippen LogP contribution in [0, 0.1) is 29.0 Å². The molecule has 4 saturated carbocycles. The molecule has 1 atom stereocenters. The highest BCUT2D eigenvalue weighted by Crippen LogP contribution is 2.61. The molecule has 30 heavy (non-hydrogen) atoms. The van der Waals surface area contributed by atoms with Gasteiger partial charge in [-0.1, -0.05) is 6.07 Å². The molecule has 2 amide bonds. The number of amides is 2. The molecule has 0 saturated heterocycles. The van der Waals surface area contributed by atoms with E-state index in [9.17, 15) is 18.8 Å². The summed E-state index contributed by atoms with van der Waals surface area (Å²) < 4.78 is 18.3. The SMILES string of the molecule is C[C@H](OC(=O)CNC(=O)CC12CC3CC(CC(C3)C1)C2)C(=O)Nc1cccc(F)c1. The molecule has 2 N–H and O–H groups in total. The van der Waals surface area contributed by atoms with Crippen molar-refractivity contribution in [3.8, 4) is 0 Å². The summed E-state index contributed by atoms with van der Waals surface area (Å²) in [4.78, 5) is 36.7. The van der Waals surface area contributed by atoms with Gasteiger partial charge in [-0.2, -0.15) is 0 Å². The van der Waals surface area contributed by atoms with Gasteiger partial charge in [0.05, 0.1) is 0 Å². The molecule has 4 aliphatic rings. The maximum Gasteiger partial charge on any atom is 0.326 e. The van der Waals surface area contributed by atoms with Gasteiger partial charge in [-0.3, -0.25) is 14.4 Å². The van der Waals surface area contributed by atoms with E-state index in [1.54, 1.807) is 6.07 Å². The van der Waals surface area contributed by atoms with Crippen molar-refractivity contribution in [2.45, 2.75) is 58.0 Å². The average molecular weight is 416 g/mol. The Hall–Kier alpha value is -2.44. The van der Waals surface area contributed by atoms with Crippen molar-refractivity contribution >= 4 is 23.5 Å². The van der Waals surface area contributed by atoms with Crippen LogP contribution in [0.25, 0.3) is 0 Å². The summed E-state index contributed by atoms with van der Waals surface area (Å²) >= 11 is 0. The number of anilines is 1. The molecule has 0 aliphatic heterocycles. The number of benzene rings is 1. The van der Waals surface area contributed by atoms with E-state index < -0.39 is 23.8 Å². The zero-order valence-electron chi connectivity index (χ0n) is 17.3. The Labute approximate surface area is 175 Å². The normalized spacial score (nSPS) is 29.9. The van der Waals surface area contributed by atoms with Gasteiger partial charge in [0.15, 0.2) is 6.10 Å². The van der Waals surface area contributed by atoms with Crippen molar-refractivity contribution in [2.75, 3.05) is 11.9 Å². The standard InChI is InChI=1S/C23H29FN2O4/c1-14(22(29)26-19-4-2-3-18(24)8-19)30-21(28)13-25-20(27)12-23-9-15-5-16(10-23)7-17(6-15)11-23/h2-4,8,14-17H,5-7,9-13H2,1H3,(H,25,27)(H,26,29)/t14-,15?,16?,17?,23?/m0/s1. The summed E-state index contributed by atoms with van der Waals surface area (Å²) in [6.07, 6.45) is 6.78. The summed E-state index contributed by atoms with van der Waals surface area (Å²) in [5.41, 5.74) is 0.396. The van der Waals surface area contributed by atoms with E-state index in [0.29, 0.717) is 6.42 Å². The topological polar surface area (TPSA) is 84.5 Å². The molecule has 4 bridgehead atoms. The Kier molecular flexibility index (Phi) is 5.80. The fourth-order valence-electron chi connectivity index (χ4n) is 6.18. The van der Waals surface area contributed by atoms with Crippen molar-refractivity contribution in [1.82, 2.24) is 5.32 Å². The van der Waals surface area contributed by atoms with Crippen LogP contribution in [0.3, 0.4) is 0 Å². The molecule has 0 spiro atoms. The summed E-state index contributed by atoms with van der Waals surface area (Å²) in [5, 5.41) is 5.16. The lowest BCUT2D eigenvalue weighted by molar-refractivity contribution is -0.153. The lowest BCUT2D eigenvalue weighted by atomic mass is 9.49. The number of hydrogen-bond acceptors (Lipinski definition) is 4. The van der Waals surface area contributed by atoms with E-state index in [1.807, 2.05) is 0 Å².